The Bertz CT molecular complexity index is 510. The molecule has 0 N–H and O–H groups in total. The number of nitrogens with zero attached hydrogens (tertiary/aromatic N) is 1. The molecule has 0 fully saturated rings. The van der Waals surface area contributed by atoms with Gasteiger partial charge in [-0.15, -0.1) is 0 Å². The largest absolute Gasteiger partial charge is 0.336 e. The van der Waals surface area contributed by atoms with Crippen molar-refractivity contribution >= 4 is 11.4 Å². The van der Waals surface area contributed by atoms with E-state index in [0.29, 0.717) is 0 Å². The number of hydrogen-bond donors (Lipinski definition) is 0. The number of para-hydroxylation sites is 2. The van der Waals surface area contributed by atoms with Gasteiger partial charge in [-0.3, -0.25) is 0 Å². The summed E-state index contributed by atoms with van der Waals surface area (Å²) in [5, 5.41) is 0. The molecule has 0 bridgehead atoms. The van der Waals surface area contributed by atoms with Crippen molar-refractivity contribution in [1.82, 2.24) is 0 Å². The van der Waals surface area contributed by atoms with E-state index in [-0.39, 0.29) is 11.0 Å². The lowest BCUT2D eigenvalue weighted by Crippen LogP contribution is -2.43. The van der Waals surface area contributed by atoms with Gasteiger partial charge >= 0.3 is 0 Å². The van der Waals surface area contributed by atoms with Gasteiger partial charge in [0.05, 0.1) is 0 Å². The second-order valence-corrected chi connectivity index (χ2v) is 7.56. The third kappa shape index (κ3) is 4.10. The highest BCUT2D eigenvalue weighted by molar-refractivity contribution is 5.65. The molecule has 0 atom stereocenters. The van der Waals surface area contributed by atoms with Crippen molar-refractivity contribution in [2.75, 3.05) is 4.90 Å². The molecule has 112 valence electrons. The predicted octanol–water partition coefficient (Wildman–Crippen LogP) is 6.04. The number of benzene rings is 2. The first-order valence-corrected chi connectivity index (χ1v) is 7.70. The molecule has 2 rings (SSSR count). The summed E-state index contributed by atoms with van der Waals surface area (Å²) in [6.45, 7) is 11.6. The number of rotatable bonds is 4. The van der Waals surface area contributed by atoms with E-state index in [0.717, 1.165) is 6.42 Å². The zero-order valence-electron chi connectivity index (χ0n) is 13.9. The van der Waals surface area contributed by atoms with Crippen LogP contribution in [0, 0.1) is 5.41 Å². The molecule has 1 heteroatoms. The fraction of sp³-hybridized carbons (Fsp3) is 0.400. The average Bonchev–Trinajstić information content (AvgIpc) is 2.38. The maximum Gasteiger partial charge on any atom is 0.0416 e. The Morgan fingerprint density at radius 1 is 0.667 bits per heavy atom. The van der Waals surface area contributed by atoms with Crippen LogP contribution in [0.25, 0.3) is 0 Å². The maximum absolute atomic E-state index is 2.46. The van der Waals surface area contributed by atoms with Crippen LogP contribution in [0.4, 0.5) is 11.4 Å². The first-order chi connectivity index (χ1) is 9.80. The minimum absolute atomic E-state index is 0.0426. The molecule has 0 amide bonds. The van der Waals surface area contributed by atoms with Crippen LogP contribution in [-0.2, 0) is 0 Å². The zero-order valence-corrected chi connectivity index (χ0v) is 13.9. The van der Waals surface area contributed by atoms with E-state index in [1.807, 2.05) is 0 Å². The van der Waals surface area contributed by atoms with Gasteiger partial charge in [0, 0.05) is 16.9 Å². The summed E-state index contributed by atoms with van der Waals surface area (Å²) in [4.78, 5) is 2.46. The topological polar surface area (TPSA) is 3.24 Å². The molecule has 0 heterocycles. The second-order valence-electron chi connectivity index (χ2n) is 7.56. The first kappa shape index (κ1) is 15.6. The normalized spacial score (nSPS) is 12.2. The number of anilines is 2. The van der Waals surface area contributed by atoms with E-state index in [4.69, 9.17) is 0 Å². The molecule has 0 radical (unpaired) electrons. The van der Waals surface area contributed by atoms with Gasteiger partial charge in [-0.25, -0.2) is 0 Å². The lowest BCUT2D eigenvalue weighted by Gasteiger charge is -2.44. The van der Waals surface area contributed by atoms with Crippen LogP contribution < -0.4 is 4.90 Å². The fourth-order valence-corrected chi connectivity index (χ4v) is 3.38. The summed E-state index contributed by atoms with van der Waals surface area (Å²) in [6.07, 6.45) is 1.11. The Labute approximate surface area is 129 Å². The smallest absolute Gasteiger partial charge is 0.0416 e. The SMILES string of the molecule is CC(C)(C)CC(C)(C)N(c1ccccc1)c1ccccc1. The highest BCUT2D eigenvalue weighted by Crippen LogP contribution is 2.39. The zero-order chi connectivity index (χ0) is 15.5. The fourth-order valence-electron chi connectivity index (χ4n) is 3.38. The summed E-state index contributed by atoms with van der Waals surface area (Å²) in [5.74, 6) is 0. The molecule has 0 saturated heterocycles. The molecule has 0 aliphatic rings. The van der Waals surface area contributed by atoms with E-state index in [1.165, 1.54) is 11.4 Å². The standard InChI is InChI=1S/C20H27N/c1-19(2,3)16-20(4,5)21(17-12-8-6-9-13-17)18-14-10-7-11-15-18/h6-15H,16H2,1-5H3. The Morgan fingerprint density at radius 2 is 1.05 bits per heavy atom. The molecule has 0 spiro atoms. The lowest BCUT2D eigenvalue weighted by molar-refractivity contribution is 0.284. The van der Waals surface area contributed by atoms with Gasteiger partial charge in [0.2, 0.25) is 0 Å². The Balaban J connectivity index is 2.47. The molecule has 0 aliphatic carbocycles. The van der Waals surface area contributed by atoms with Gasteiger partial charge in [-0.2, -0.15) is 0 Å². The summed E-state index contributed by atoms with van der Waals surface area (Å²) >= 11 is 0. The van der Waals surface area contributed by atoms with Crippen LogP contribution in [0.1, 0.15) is 41.0 Å². The molecule has 0 aliphatic heterocycles. The van der Waals surface area contributed by atoms with Crippen LogP contribution in [0.15, 0.2) is 60.7 Å². The first-order valence-electron chi connectivity index (χ1n) is 7.70. The van der Waals surface area contributed by atoms with Gasteiger partial charge in [-0.1, -0.05) is 57.2 Å². The molecule has 2 aromatic carbocycles. The van der Waals surface area contributed by atoms with Crippen molar-refractivity contribution in [3.8, 4) is 0 Å². The highest BCUT2D eigenvalue weighted by Gasteiger charge is 2.32. The Kier molecular flexibility index (Phi) is 4.41. The monoisotopic (exact) mass is 281 g/mol. The van der Waals surface area contributed by atoms with E-state index >= 15 is 0 Å². The van der Waals surface area contributed by atoms with Crippen molar-refractivity contribution < 1.29 is 0 Å². The van der Waals surface area contributed by atoms with Gasteiger partial charge in [-0.05, 0) is 49.9 Å². The van der Waals surface area contributed by atoms with E-state index in [1.54, 1.807) is 0 Å². The number of hydrogen-bond acceptors (Lipinski definition) is 1. The van der Waals surface area contributed by atoms with Crippen LogP contribution in [0.2, 0.25) is 0 Å². The summed E-state index contributed by atoms with van der Waals surface area (Å²) in [6, 6.07) is 21.4. The predicted molar refractivity (Wildman–Crippen MR) is 93.2 cm³/mol. The molecular weight excluding hydrogens is 254 g/mol. The van der Waals surface area contributed by atoms with Crippen LogP contribution in [0.3, 0.4) is 0 Å². The average molecular weight is 281 g/mol. The van der Waals surface area contributed by atoms with Crippen LogP contribution in [-0.4, -0.2) is 5.54 Å². The van der Waals surface area contributed by atoms with Gasteiger partial charge in [0.25, 0.3) is 0 Å². The Hall–Kier alpha value is -1.76. The molecule has 0 saturated carbocycles. The van der Waals surface area contributed by atoms with Crippen molar-refractivity contribution in [3.05, 3.63) is 60.7 Å². The second kappa shape index (κ2) is 5.93. The van der Waals surface area contributed by atoms with Crippen molar-refractivity contribution in [1.29, 1.82) is 0 Å². The van der Waals surface area contributed by atoms with Crippen molar-refractivity contribution in [3.63, 3.8) is 0 Å². The molecular formula is C20H27N. The van der Waals surface area contributed by atoms with E-state index in [2.05, 4.69) is 100 Å². The Morgan fingerprint density at radius 3 is 1.38 bits per heavy atom. The van der Waals surface area contributed by atoms with Gasteiger partial charge in [0.15, 0.2) is 0 Å². The van der Waals surface area contributed by atoms with E-state index < -0.39 is 0 Å². The quantitative estimate of drug-likeness (QED) is 0.660. The van der Waals surface area contributed by atoms with Crippen molar-refractivity contribution in [2.24, 2.45) is 5.41 Å². The molecule has 2 aromatic rings. The summed E-state index contributed by atoms with van der Waals surface area (Å²) in [7, 11) is 0. The van der Waals surface area contributed by atoms with Gasteiger partial charge in [0.1, 0.15) is 0 Å². The molecule has 21 heavy (non-hydrogen) atoms. The van der Waals surface area contributed by atoms with Crippen LogP contribution >= 0.6 is 0 Å². The lowest BCUT2D eigenvalue weighted by atomic mass is 9.80. The van der Waals surface area contributed by atoms with Crippen molar-refractivity contribution in [2.45, 2.75) is 46.6 Å². The third-order valence-electron chi connectivity index (χ3n) is 3.60. The van der Waals surface area contributed by atoms with E-state index in [9.17, 15) is 0 Å². The molecule has 0 unspecified atom stereocenters. The minimum Gasteiger partial charge on any atom is -0.336 e. The minimum atomic E-state index is 0.0426. The van der Waals surface area contributed by atoms with Gasteiger partial charge < -0.3 is 4.90 Å². The van der Waals surface area contributed by atoms with Crippen LogP contribution in [0.5, 0.6) is 0 Å². The maximum atomic E-state index is 2.46. The summed E-state index contributed by atoms with van der Waals surface area (Å²) < 4.78 is 0. The molecule has 0 aromatic heterocycles. The highest BCUT2D eigenvalue weighted by atomic mass is 15.2. The molecule has 1 nitrogen and oxygen atoms in total. The summed E-state index contributed by atoms with van der Waals surface area (Å²) in [5.41, 5.74) is 2.82. The third-order valence-corrected chi connectivity index (χ3v) is 3.60.